The molecule has 2 rings (SSSR count). The number of H-pyrrole nitrogens is 1. The number of aromatic nitrogens is 2. The van der Waals surface area contributed by atoms with Crippen molar-refractivity contribution in [1.29, 1.82) is 0 Å². The van der Waals surface area contributed by atoms with Crippen molar-refractivity contribution in [2.24, 2.45) is 0 Å². The normalized spacial score (nSPS) is 16.1. The highest BCUT2D eigenvalue weighted by Crippen LogP contribution is 2.41. The van der Waals surface area contributed by atoms with Gasteiger partial charge in [-0.2, -0.15) is 5.10 Å². The molecule has 0 unspecified atom stereocenters. The highest BCUT2D eigenvalue weighted by atomic mass is 16.1. The molecule has 1 aromatic heterocycles. The zero-order valence-corrected chi connectivity index (χ0v) is 6.92. The van der Waals surface area contributed by atoms with Gasteiger partial charge in [-0.25, -0.2) is 5.10 Å². The van der Waals surface area contributed by atoms with E-state index in [0.29, 0.717) is 5.92 Å². The fraction of sp³-hybridized carbons (Fsp3) is 0.500. The van der Waals surface area contributed by atoms with Gasteiger partial charge >= 0.3 is 0 Å². The Kier molecular flexibility index (Phi) is 1.60. The molecule has 0 radical (unpaired) electrons. The van der Waals surface area contributed by atoms with E-state index in [1.165, 1.54) is 12.8 Å². The van der Waals surface area contributed by atoms with Crippen LogP contribution in [0.4, 0.5) is 5.82 Å². The average Bonchev–Trinajstić information content (AvgIpc) is 2.87. The smallest absolute Gasteiger partial charge is 0.264 e. The molecule has 1 fully saturated rings. The summed E-state index contributed by atoms with van der Waals surface area (Å²) in [5, 5.41) is 9.28. The van der Waals surface area contributed by atoms with Crippen LogP contribution in [-0.2, 0) is 0 Å². The molecule has 1 saturated carbocycles. The van der Waals surface area contributed by atoms with E-state index < -0.39 is 0 Å². The summed E-state index contributed by atoms with van der Waals surface area (Å²) in [6.45, 7) is 0. The first kappa shape index (κ1) is 7.34. The minimum absolute atomic E-state index is 0.115. The van der Waals surface area contributed by atoms with Crippen LogP contribution in [0.5, 0.6) is 0 Å². The first-order valence-corrected chi connectivity index (χ1v) is 4.08. The van der Waals surface area contributed by atoms with Crippen LogP contribution in [0.25, 0.3) is 0 Å². The van der Waals surface area contributed by atoms with Crippen LogP contribution >= 0.6 is 0 Å². The van der Waals surface area contributed by atoms with Gasteiger partial charge in [0.25, 0.3) is 5.56 Å². The van der Waals surface area contributed by atoms with Crippen molar-refractivity contribution in [3.05, 3.63) is 22.0 Å². The molecule has 0 atom stereocenters. The summed E-state index contributed by atoms with van der Waals surface area (Å²) in [7, 11) is 1.81. The molecule has 0 spiro atoms. The Morgan fingerprint density at radius 3 is 3.00 bits per heavy atom. The van der Waals surface area contributed by atoms with Crippen LogP contribution in [-0.4, -0.2) is 17.2 Å². The maximum atomic E-state index is 10.9. The standard InChI is InChI=1S/C8H11N3O/c1-9-8-6(5-2-3-5)4-7(12)10-11-8/h4-5H,2-3H2,1H3,(H,9,11)(H,10,12). The zero-order valence-electron chi connectivity index (χ0n) is 6.92. The third-order valence-electron chi connectivity index (χ3n) is 2.09. The van der Waals surface area contributed by atoms with Crippen molar-refractivity contribution in [2.75, 3.05) is 12.4 Å². The predicted molar refractivity (Wildman–Crippen MR) is 46.4 cm³/mol. The van der Waals surface area contributed by atoms with Gasteiger partial charge in [0, 0.05) is 18.7 Å². The highest BCUT2D eigenvalue weighted by Gasteiger charge is 2.26. The van der Waals surface area contributed by atoms with Crippen molar-refractivity contribution < 1.29 is 0 Å². The lowest BCUT2D eigenvalue weighted by molar-refractivity contribution is 0.948. The van der Waals surface area contributed by atoms with Crippen molar-refractivity contribution >= 4 is 5.82 Å². The molecule has 1 aliphatic carbocycles. The van der Waals surface area contributed by atoms with E-state index in [1.54, 1.807) is 6.07 Å². The topological polar surface area (TPSA) is 57.8 Å². The number of anilines is 1. The van der Waals surface area contributed by atoms with Gasteiger partial charge in [0.15, 0.2) is 0 Å². The minimum atomic E-state index is -0.115. The molecule has 1 heterocycles. The van der Waals surface area contributed by atoms with E-state index in [9.17, 15) is 4.79 Å². The fourth-order valence-electron chi connectivity index (χ4n) is 1.32. The summed E-state index contributed by atoms with van der Waals surface area (Å²) in [6, 6.07) is 1.64. The van der Waals surface area contributed by atoms with Gasteiger partial charge in [0.1, 0.15) is 5.82 Å². The second kappa shape index (κ2) is 2.62. The van der Waals surface area contributed by atoms with Crippen LogP contribution < -0.4 is 10.9 Å². The molecule has 0 aromatic carbocycles. The first-order chi connectivity index (χ1) is 5.81. The third kappa shape index (κ3) is 1.20. The molecule has 1 aromatic rings. The summed E-state index contributed by atoms with van der Waals surface area (Å²) >= 11 is 0. The SMILES string of the molecule is CNc1n[nH]c(=O)cc1C1CC1. The van der Waals surface area contributed by atoms with Crippen LogP contribution in [0.3, 0.4) is 0 Å². The molecule has 12 heavy (non-hydrogen) atoms. The first-order valence-electron chi connectivity index (χ1n) is 4.08. The lowest BCUT2D eigenvalue weighted by atomic mass is 10.2. The van der Waals surface area contributed by atoms with E-state index in [4.69, 9.17) is 0 Å². The maximum absolute atomic E-state index is 10.9. The number of rotatable bonds is 2. The van der Waals surface area contributed by atoms with Crippen LogP contribution in [0.15, 0.2) is 10.9 Å². The molecule has 4 heteroatoms. The van der Waals surface area contributed by atoms with Gasteiger partial charge < -0.3 is 5.32 Å². The Bertz CT molecular complexity index is 340. The van der Waals surface area contributed by atoms with Gasteiger partial charge in [-0.15, -0.1) is 0 Å². The molecule has 2 N–H and O–H groups in total. The number of nitrogens with one attached hydrogen (secondary N) is 2. The Morgan fingerprint density at radius 1 is 1.67 bits per heavy atom. The zero-order chi connectivity index (χ0) is 8.55. The Balaban J connectivity index is 2.46. The summed E-state index contributed by atoms with van der Waals surface area (Å²) in [4.78, 5) is 10.9. The van der Waals surface area contributed by atoms with Crippen LogP contribution in [0.1, 0.15) is 24.3 Å². The number of hydrogen-bond acceptors (Lipinski definition) is 3. The molecule has 4 nitrogen and oxygen atoms in total. The Labute approximate surface area is 70.0 Å². The van der Waals surface area contributed by atoms with E-state index in [-0.39, 0.29) is 5.56 Å². The van der Waals surface area contributed by atoms with Crippen molar-refractivity contribution in [2.45, 2.75) is 18.8 Å². The van der Waals surface area contributed by atoms with E-state index in [2.05, 4.69) is 15.5 Å². The fourth-order valence-corrected chi connectivity index (χ4v) is 1.32. The second-order valence-electron chi connectivity index (χ2n) is 3.06. The maximum Gasteiger partial charge on any atom is 0.264 e. The van der Waals surface area contributed by atoms with E-state index in [1.807, 2.05) is 7.05 Å². The number of nitrogens with zero attached hydrogens (tertiary/aromatic N) is 1. The van der Waals surface area contributed by atoms with Gasteiger partial charge in [-0.3, -0.25) is 4.79 Å². The van der Waals surface area contributed by atoms with Crippen molar-refractivity contribution in [3.63, 3.8) is 0 Å². The predicted octanol–water partition coefficient (Wildman–Crippen LogP) is 0.689. The van der Waals surface area contributed by atoms with Gasteiger partial charge in [-0.1, -0.05) is 0 Å². The lowest BCUT2D eigenvalue weighted by Gasteiger charge is -2.03. The molecular weight excluding hydrogens is 154 g/mol. The Hall–Kier alpha value is -1.32. The summed E-state index contributed by atoms with van der Waals surface area (Å²) in [5.41, 5.74) is 0.942. The van der Waals surface area contributed by atoms with Gasteiger partial charge in [0.05, 0.1) is 0 Å². The van der Waals surface area contributed by atoms with Crippen molar-refractivity contribution in [3.8, 4) is 0 Å². The van der Waals surface area contributed by atoms with Crippen LogP contribution in [0.2, 0.25) is 0 Å². The quantitative estimate of drug-likeness (QED) is 0.677. The molecule has 0 bridgehead atoms. The largest absolute Gasteiger partial charge is 0.371 e. The number of hydrogen-bond donors (Lipinski definition) is 2. The minimum Gasteiger partial charge on any atom is -0.371 e. The molecular formula is C8H11N3O. The highest BCUT2D eigenvalue weighted by molar-refractivity contribution is 5.45. The molecule has 0 amide bonds. The average molecular weight is 165 g/mol. The monoisotopic (exact) mass is 165 g/mol. The van der Waals surface area contributed by atoms with Gasteiger partial charge in [0.2, 0.25) is 0 Å². The van der Waals surface area contributed by atoms with E-state index >= 15 is 0 Å². The molecule has 1 aliphatic rings. The molecule has 0 aliphatic heterocycles. The lowest BCUT2D eigenvalue weighted by Crippen LogP contribution is -2.11. The second-order valence-corrected chi connectivity index (χ2v) is 3.06. The summed E-state index contributed by atoms with van der Waals surface area (Å²) in [6.07, 6.45) is 2.36. The Morgan fingerprint density at radius 2 is 2.42 bits per heavy atom. The summed E-state index contributed by atoms with van der Waals surface area (Å²) < 4.78 is 0. The number of aromatic amines is 1. The molecule has 0 saturated heterocycles. The van der Waals surface area contributed by atoms with E-state index in [0.717, 1.165) is 11.4 Å². The summed E-state index contributed by atoms with van der Waals surface area (Å²) in [5.74, 6) is 1.36. The van der Waals surface area contributed by atoms with Crippen molar-refractivity contribution in [1.82, 2.24) is 10.2 Å². The van der Waals surface area contributed by atoms with Crippen LogP contribution in [0, 0.1) is 0 Å². The van der Waals surface area contributed by atoms with Gasteiger partial charge in [-0.05, 0) is 18.8 Å². The molecule has 64 valence electrons. The third-order valence-corrected chi connectivity index (χ3v) is 2.09.